The summed E-state index contributed by atoms with van der Waals surface area (Å²) in [6.45, 7) is 2.30. The Morgan fingerprint density at radius 2 is 2.53 bits per heavy atom. The van der Waals surface area contributed by atoms with Gasteiger partial charge in [-0.1, -0.05) is 0 Å². The summed E-state index contributed by atoms with van der Waals surface area (Å²) in [5.74, 6) is -0.946. The van der Waals surface area contributed by atoms with Crippen LogP contribution >= 0.6 is 0 Å². The fourth-order valence-electron chi connectivity index (χ4n) is 1.65. The van der Waals surface area contributed by atoms with E-state index in [4.69, 9.17) is 15.2 Å². The average Bonchev–Trinajstić information content (AvgIpc) is 2.84. The van der Waals surface area contributed by atoms with E-state index in [0.29, 0.717) is 13.0 Å². The summed E-state index contributed by atoms with van der Waals surface area (Å²) < 4.78 is 11.0. The number of hydrogen-bond acceptors (Lipinski definition) is 6. The van der Waals surface area contributed by atoms with Crippen LogP contribution in [0.25, 0.3) is 0 Å². The van der Waals surface area contributed by atoms with Crippen LogP contribution in [0.3, 0.4) is 0 Å². The second-order valence-corrected chi connectivity index (χ2v) is 3.61. The molecule has 2 heterocycles. The van der Waals surface area contributed by atoms with Crippen molar-refractivity contribution in [2.45, 2.75) is 19.4 Å². The minimum atomic E-state index is -0.588. The maximum absolute atomic E-state index is 11.5. The molecule has 1 aliphatic heterocycles. The van der Waals surface area contributed by atoms with Crippen molar-refractivity contribution in [1.82, 2.24) is 9.78 Å². The molecule has 0 aliphatic carbocycles. The molecule has 1 aliphatic rings. The Balaban J connectivity index is 2.24. The average molecular weight is 239 g/mol. The Morgan fingerprint density at radius 1 is 1.76 bits per heavy atom. The van der Waals surface area contributed by atoms with Gasteiger partial charge < -0.3 is 15.2 Å². The highest BCUT2D eigenvalue weighted by Gasteiger charge is 2.30. The fraction of sp³-hybridized carbons (Fsp3) is 0.500. The number of nitrogen functional groups attached to an aromatic ring is 1. The van der Waals surface area contributed by atoms with E-state index in [2.05, 4.69) is 5.10 Å². The monoisotopic (exact) mass is 239 g/mol. The lowest BCUT2D eigenvalue weighted by atomic mass is 10.2. The van der Waals surface area contributed by atoms with Gasteiger partial charge in [-0.2, -0.15) is 5.10 Å². The van der Waals surface area contributed by atoms with Crippen LogP contribution in [0, 0.1) is 0 Å². The van der Waals surface area contributed by atoms with Crippen molar-refractivity contribution < 1.29 is 19.1 Å². The highest BCUT2D eigenvalue weighted by molar-refractivity contribution is 5.92. The van der Waals surface area contributed by atoms with Gasteiger partial charge in [0.15, 0.2) is 11.7 Å². The molecule has 7 heteroatoms. The first-order chi connectivity index (χ1) is 8.13. The molecule has 1 saturated heterocycles. The number of esters is 2. The van der Waals surface area contributed by atoms with E-state index in [1.807, 2.05) is 0 Å². The van der Waals surface area contributed by atoms with Gasteiger partial charge in [-0.25, -0.2) is 9.59 Å². The molecule has 17 heavy (non-hydrogen) atoms. The minimum Gasteiger partial charge on any atom is -0.464 e. The molecular formula is C10H13N3O4. The SMILES string of the molecule is CCOC(=O)c1nn(C2CCOC2=O)cc1N. The molecule has 0 spiro atoms. The second-order valence-electron chi connectivity index (χ2n) is 3.61. The van der Waals surface area contributed by atoms with Crippen LogP contribution in [-0.4, -0.2) is 34.9 Å². The van der Waals surface area contributed by atoms with E-state index in [1.165, 1.54) is 10.9 Å². The maximum atomic E-state index is 11.5. The first kappa shape index (κ1) is 11.4. The quantitative estimate of drug-likeness (QED) is 0.753. The lowest BCUT2D eigenvalue weighted by Gasteiger charge is -2.04. The van der Waals surface area contributed by atoms with Crippen LogP contribution < -0.4 is 5.73 Å². The van der Waals surface area contributed by atoms with Crippen LogP contribution in [0.4, 0.5) is 5.69 Å². The van der Waals surface area contributed by atoms with Crippen molar-refractivity contribution >= 4 is 17.6 Å². The van der Waals surface area contributed by atoms with Gasteiger partial charge in [0.2, 0.25) is 0 Å². The summed E-state index contributed by atoms with van der Waals surface area (Å²) in [7, 11) is 0. The summed E-state index contributed by atoms with van der Waals surface area (Å²) in [5, 5.41) is 3.98. The number of carbonyl (C=O) groups is 2. The number of anilines is 1. The van der Waals surface area contributed by atoms with Gasteiger partial charge >= 0.3 is 11.9 Å². The van der Waals surface area contributed by atoms with Crippen molar-refractivity contribution in [2.75, 3.05) is 18.9 Å². The standard InChI is InChI=1S/C10H13N3O4/c1-2-16-10(15)8-6(11)5-13(12-8)7-3-4-17-9(7)14/h5,7H,2-4,11H2,1H3. The number of cyclic esters (lactones) is 1. The Bertz CT molecular complexity index is 454. The maximum Gasteiger partial charge on any atom is 0.361 e. The first-order valence-electron chi connectivity index (χ1n) is 5.32. The van der Waals surface area contributed by atoms with Crippen LogP contribution in [0.5, 0.6) is 0 Å². The lowest BCUT2D eigenvalue weighted by Crippen LogP contribution is -2.16. The molecule has 1 fully saturated rings. The summed E-state index contributed by atoms with van der Waals surface area (Å²) in [6.07, 6.45) is 1.98. The molecule has 0 bridgehead atoms. The summed E-state index contributed by atoms with van der Waals surface area (Å²) in [5.41, 5.74) is 5.88. The normalized spacial score (nSPS) is 19.1. The predicted octanol–water partition coefficient (Wildman–Crippen LogP) is 0.130. The first-order valence-corrected chi connectivity index (χ1v) is 5.32. The number of ether oxygens (including phenoxy) is 2. The van der Waals surface area contributed by atoms with E-state index in [9.17, 15) is 9.59 Å². The number of rotatable bonds is 3. The predicted molar refractivity (Wildman–Crippen MR) is 57.2 cm³/mol. The fourth-order valence-corrected chi connectivity index (χ4v) is 1.65. The van der Waals surface area contributed by atoms with Crippen molar-refractivity contribution in [3.05, 3.63) is 11.9 Å². The van der Waals surface area contributed by atoms with Gasteiger partial charge in [-0.3, -0.25) is 4.68 Å². The van der Waals surface area contributed by atoms with E-state index in [1.54, 1.807) is 6.92 Å². The van der Waals surface area contributed by atoms with Crippen LogP contribution in [0.15, 0.2) is 6.20 Å². The Labute approximate surface area is 97.5 Å². The molecule has 2 rings (SSSR count). The largest absolute Gasteiger partial charge is 0.464 e. The van der Waals surface area contributed by atoms with Crippen molar-refractivity contribution in [2.24, 2.45) is 0 Å². The summed E-state index contributed by atoms with van der Waals surface area (Å²) in [6, 6.07) is -0.500. The number of hydrogen-bond donors (Lipinski definition) is 1. The molecule has 7 nitrogen and oxygen atoms in total. The topological polar surface area (TPSA) is 96.4 Å². The highest BCUT2D eigenvalue weighted by Crippen LogP contribution is 2.22. The molecular weight excluding hydrogens is 226 g/mol. The molecule has 0 saturated carbocycles. The zero-order chi connectivity index (χ0) is 12.4. The lowest BCUT2D eigenvalue weighted by molar-refractivity contribution is -0.140. The third-order valence-electron chi connectivity index (χ3n) is 2.46. The summed E-state index contributed by atoms with van der Waals surface area (Å²) in [4.78, 5) is 22.8. The van der Waals surface area contributed by atoms with Crippen LogP contribution in [-0.2, 0) is 14.3 Å². The van der Waals surface area contributed by atoms with Crippen molar-refractivity contribution in [1.29, 1.82) is 0 Å². The van der Waals surface area contributed by atoms with Crippen molar-refractivity contribution in [3.8, 4) is 0 Å². The smallest absolute Gasteiger partial charge is 0.361 e. The molecule has 1 unspecified atom stereocenters. The van der Waals surface area contributed by atoms with E-state index < -0.39 is 12.0 Å². The van der Waals surface area contributed by atoms with Gasteiger partial charge in [0.25, 0.3) is 0 Å². The number of carbonyl (C=O) groups excluding carboxylic acids is 2. The number of nitrogens with two attached hydrogens (primary N) is 1. The molecule has 92 valence electrons. The van der Waals surface area contributed by atoms with Gasteiger partial charge in [-0.15, -0.1) is 0 Å². The Hall–Kier alpha value is -2.05. The molecule has 1 aromatic heterocycles. The highest BCUT2D eigenvalue weighted by atomic mass is 16.5. The summed E-state index contributed by atoms with van der Waals surface area (Å²) >= 11 is 0. The van der Waals surface area contributed by atoms with Gasteiger partial charge in [0.05, 0.1) is 18.9 Å². The minimum absolute atomic E-state index is 0.0338. The van der Waals surface area contributed by atoms with Gasteiger partial charge in [-0.05, 0) is 6.92 Å². The van der Waals surface area contributed by atoms with Crippen LogP contribution in [0.1, 0.15) is 29.9 Å². The molecule has 2 N–H and O–H groups in total. The second kappa shape index (κ2) is 4.44. The van der Waals surface area contributed by atoms with Gasteiger partial charge in [0.1, 0.15) is 0 Å². The Kier molecular flexibility index (Phi) is 2.99. The molecule has 0 aromatic carbocycles. The number of aromatic nitrogens is 2. The van der Waals surface area contributed by atoms with Gasteiger partial charge in [0, 0.05) is 12.6 Å². The van der Waals surface area contributed by atoms with Crippen LogP contribution in [0.2, 0.25) is 0 Å². The third kappa shape index (κ3) is 2.08. The number of nitrogens with zero attached hydrogens (tertiary/aromatic N) is 2. The molecule has 1 atom stereocenters. The van der Waals surface area contributed by atoms with E-state index in [-0.39, 0.29) is 24.0 Å². The van der Waals surface area contributed by atoms with E-state index >= 15 is 0 Å². The Morgan fingerprint density at radius 3 is 3.12 bits per heavy atom. The zero-order valence-corrected chi connectivity index (χ0v) is 9.38. The molecule has 0 amide bonds. The van der Waals surface area contributed by atoms with Crippen molar-refractivity contribution in [3.63, 3.8) is 0 Å². The van der Waals surface area contributed by atoms with E-state index in [0.717, 1.165) is 0 Å². The third-order valence-corrected chi connectivity index (χ3v) is 2.46. The zero-order valence-electron chi connectivity index (χ0n) is 9.38. The molecule has 1 aromatic rings. The molecule has 0 radical (unpaired) electrons.